The average Bonchev–Trinajstić information content (AvgIpc) is 3.24. The molecule has 0 amide bonds. The molecule has 0 spiro atoms. The maximum absolute atomic E-state index is 11.0. The van der Waals surface area contributed by atoms with E-state index in [1.165, 1.54) is 0 Å². The van der Waals surface area contributed by atoms with Crippen LogP contribution >= 0.6 is 0 Å². The van der Waals surface area contributed by atoms with Crippen LogP contribution in [0.4, 0.5) is 0 Å². The van der Waals surface area contributed by atoms with Crippen LogP contribution in [0.5, 0.6) is 5.75 Å². The third-order valence-corrected chi connectivity index (χ3v) is 7.45. The summed E-state index contributed by atoms with van der Waals surface area (Å²) in [5, 5.41) is 19.9. The second-order valence-corrected chi connectivity index (χ2v) is 9.86. The molecule has 2 N–H and O–H groups in total. The van der Waals surface area contributed by atoms with Crippen molar-refractivity contribution in [3.8, 4) is 16.9 Å². The van der Waals surface area contributed by atoms with Crippen molar-refractivity contribution in [1.29, 1.82) is 0 Å². The molecule has 2 aliphatic rings. The molecule has 1 aliphatic carbocycles. The van der Waals surface area contributed by atoms with E-state index in [1.807, 2.05) is 18.2 Å². The highest BCUT2D eigenvalue weighted by Gasteiger charge is 2.45. The van der Waals surface area contributed by atoms with Gasteiger partial charge in [-0.3, -0.25) is 9.69 Å². The van der Waals surface area contributed by atoms with Gasteiger partial charge >= 0.3 is 5.97 Å². The largest absolute Gasteiger partial charge is 0.497 e. The molecule has 1 heterocycles. The van der Waals surface area contributed by atoms with Crippen molar-refractivity contribution in [3.05, 3.63) is 66.2 Å². The van der Waals surface area contributed by atoms with Crippen LogP contribution in [0.15, 0.2) is 60.7 Å². The lowest BCUT2D eigenvalue weighted by Gasteiger charge is -2.38. The zero-order chi connectivity index (χ0) is 26.0. The summed E-state index contributed by atoms with van der Waals surface area (Å²) in [5.74, 6) is 0.269. The summed E-state index contributed by atoms with van der Waals surface area (Å²) >= 11 is 0. The number of ether oxygens (including phenoxy) is 3. The number of aliphatic hydroxyl groups is 1. The number of benzene rings is 2. The monoisotopic (exact) mass is 509 g/mol. The highest BCUT2D eigenvalue weighted by Crippen LogP contribution is 2.37. The van der Waals surface area contributed by atoms with Gasteiger partial charge < -0.3 is 24.4 Å². The van der Waals surface area contributed by atoms with E-state index in [2.05, 4.69) is 47.4 Å². The van der Waals surface area contributed by atoms with E-state index >= 15 is 0 Å². The summed E-state index contributed by atoms with van der Waals surface area (Å²) in [6.45, 7) is 3.54. The van der Waals surface area contributed by atoms with E-state index in [1.54, 1.807) is 7.11 Å². The van der Waals surface area contributed by atoms with Gasteiger partial charge in [-0.25, -0.2) is 0 Å². The van der Waals surface area contributed by atoms with Crippen molar-refractivity contribution in [2.75, 3.05) is 33.4 Å². The van der Waals surface area contributed by atoms with Gasteiger partial charge in [-0.2, -0.15) is 0 Å². The molecule has 0 radical (unpaired) electrons. The Balaban J connectivity index is 1.37. The van der Waals surface area contributed by atoms with Crippen LogP contribution in [0.2, 0.25) is 0 Å². The van der Waals surface area contributed by atoms with Crippen molar-refractivity contribution in [2.45, 2.75) is 57.0 Å². The Hall–Kier alpha value is -2.71. The number of allylic oxidation sites excluding steroid dienone is 2. The Kier molecular flexibility index (Phi) is 10.1. The lowest BCUT2D eigenvalue weighted by molar-refractivity contribution is -0.136. The minimum absolute atomic E-state index is 0.0310. The van der Waals surface area contributed by atoms with Gasteiger partial charge in [0.05, 0.1) is 39.1 Å². The Morgan fingerprint density at radius 3 is 2.32 bits per heavy atom. The smallest absolute Gasteiger partial charge is 0.303 e. The Morgan fingerprint density at radius 1 is 1.03 bits per heavy atom. The zero-order valence-corrected chi connectivity index (χ0v) is 21.6. The third-order valence-electron chi connectivity index (χ3n) is 7.45. The molecule has 1 aliphatic heterocycles. The van der Waals surface area contributed by atoms with Crippen LogP contribution < -0.4 is 4.74 Å². The summed E-state index contributed by atoms with van der Waals surface area (Å²) in [5.41, 5.74) is 3.38. The van der Waals surface area contributed by atoms with Gasteiger partial charge in [-0.1, -0.05) is 48.6 Å². The maximum atomic E-state index is 11.0. The Bertz CT molecular complexity index is 1000. The van der Waals surface area contributed by atoms with Crippen molar-refractivity contribution in [3.63, 3.8) is 0 Å². The minimum atomic E-state index is -0.776. The van der Waals surface area contributed by atoms with Crippen LogP contribution in [0.25, 0.3) is 11.1 Å². The van der Waals surface area contributed by atoms with Crippen LogP contribution in [0.3, 0.4) is 0 Å². The number of rotatable bonds is 12. The summed E-state index contributed by atoms with van der Waals surface area (Å²) in [6, 6.07) is 16.5. The molecule has 7 heteroatoms. The first-order valence-corrected chi connectivity index (χ1v) is 13.3. The Morgan fingerprint density at radius 2 is 1.68 bits per heavy atom. The molecule has 0 bridgehead atoms. The van der Waals surface area contributed by atoms with Gasteiger partial charge in [0, 0.05) is 37.9 Å². The van der Waals surface area contributed by atoms with Gasteiger partial charge in [-0.05, 0) is 48.1 Å². The fraction of sp³-hybridized carbons (Fsp3) is 0.500. The summed E-state index contributed by atoms with van der Waals surface area (Å²) in [6.07, 6.45) is 6.61. The number of morpholine rings is 1. The summed E-state index contributed by atoms with van der Waals surface area (Å²) in [7, 11) is 1.67. The van der Waals surface area contributed by atoms with Gasteiger partial charge in [0.25, 0.3) is 0 Å². The second kappa shape index (κ2) is 13.7. The lowest BCUT2D eigenvalue weighted by Crippen LogP contribution is -2.50. The van der Waals surface area contributed by atoms with Crippen LogP contribution in [-0.2, 0) is 20.9 Å². The van der Waals surface area contributed by atoms with Gasteiger partial charge in [0.2, 0.25) is 0 Å². The normalized spacial score (nSPS) is 24.5. The molecule has 7 nitrogen and oxygen atoms in total. The first-order chi connectivity index (χ1) is 18.0. The number of nitrogens with zero attached hydrogens (tertiary/aromatic N) is 1. The molecular formula is C30H39NO6. The number of aliphatic carboxylic acids is 1. The summed E-state index contributed by atoms with van der Waals surface area (Å²) in [4.78, 5) is 13.1. The standard InChI is InChI=1S/C30H39NO6/c1-35-25-14-12-24(13-15-25)23-10-8-22(9-11-23)21-37-28-20-27(32)30(31-16-18-36-19-17-31)26(28)6-4-2-3-5-7-29(33)34/h2-3,8-15,26-28,30,32H,4-7,16-21H2,1H3,(H,33,34)/b3-2-/t26-,27-,28-,30+/m0/s1. The number of methoxy groups -OCH3 is 1. The predicted octanol–water partition coefficient (Wildman–Crippen LogP) is 4.53. The lowest BCUT2D eigenvalue weighted by atomic mass is 9.93. The number of aliphatic hydroxyl groups excluding tert-OH is 1. The van der Waals surface area contributed by atoms with Crippen LogP contribution in [0.1, 0.15) is 37.7 Å². The number of carbonyl (C=O) groups is 1. The molecule has 0 unspecified atom stereocenters. The zero-order valence-electron chi connectivity index (χ0n) is 21.6. The molecule has 2 fully saturated rings. The predicted molar refractivity (Wildman–Crippen MR) is 143 cm³/mol. The third kappa shape index (κ3) is 7.65. The quantitative estimate of drug-likeness (QED) is 0.407. The number of carboxylic acid groups (broad SMARTS) is 1. The SMILES string of the molecule is COc1ccc(-c2ccc(CO[C@H]3C[C@H](O)[C@H](N4CCOCC4)[C@H]3CC/C=C\CCC(=O)O)cc2)cc1. The van der Waals surface area contributed by atoms with Crippen molar-refractivity contribution in [2.24, 2.45) is 5.92 Å². The second-order valence-electron chi connectivity index (χ2n) is 9.86. The van der Waals surface area contributed by atoms with E-state index in [9.17, 15) is 9.90 Å². The maximum Gasteiger partial charge on any atom is 0.303 e. The molecular weight excluding hydrogens is 470 g/mol. The average molecular weight is 510 g/mol. The topological polar surface area (TPSA) is 88.5 Å². The molecule has 0 aromatic heterocycles. The number of hydrogen-bond acceptors (Lipinski definition) is 6. The van der Waals surface area contributed by atoms with Gasteiger partial charge in [0.1, 0.15) is 5.75 Å². The van der Waals surface area contributed by atoms with E-state index in [0.717, 1.165) is 48.4 Å². The van der Waals surface area contributed by atoms with Crippen molar-refractivity contribution >= 4 is 5.97 Å². The van der Waals surface area contributed by atoms with E-state index in [-0.39, 0.29) is 24.5 Å². The summed E-state index contributed by atoms with van der Waals surface area (Å²) < 4.78 is 17.2. The Labute approximate surface area is 219 Å². The van der Waals surface area contributed by atoms with Crippen LogP contribution in [0, 0.1) is 5.92 Å². The molecule has 1 saturated heterocycles. The van der Waals surface area contributed by atoms with Crippen LogP contribution in [-0.4, -0.2) is 72.7 Å². The fourth-order valence-electron chi connectivity index (χ4n) is 5.51. The first-order valence-electron chi connectivity index (χ1n) is 13.3. The minimum Gasteiger partial charge on any atom is -0.497 e. The fourth-order valence-corrected chi connectivity index (χ4v) is 5.51. The van der Waals surface area contributed by atoms with E-state index in [0.29, 0.717) is 32.7 Å². The first kappa shape index (κ1) is 27.3. The van der Waals surface area contributed by atoms with Crippen molar-refractivity contribution in [1.82, 2.24) is 4.90 Å². The van der Waals surface area contributed by atoms with Gasteiger partial charge in [0.15, 0.2) is 0 Å². The van der Waals surface area contributed by atoms with Gasteiger partial charge in [-0.15, -0.1) is 0 Å². The number of hydrogen-bond donors (Lipinski definition) is 2. The molecule has 4 atom stereocenters. The number of carboxylic acids is 1. The van der Waals surface area contributed by atoms with Crippen molar-refractivity contribution < 1.29 is 29.2 Å². The molecule has 2 aromatic carbocycles. The highest BCUT2D eigenvalue weighted by atomic mass is 16.5. The highest BCUT2D eigenvalue weighted by molar-refractivity contribution is 5.66. The molecule has 4 rings (SSSR count). The molecule has 1 saturated carbocycles. The van der Waals surface area contributed by atoms with E-state index < -0.39 is 12.1 Å². The van der Waals surface area contributed by atoms with E-state index in [4.69, 9.17) is 19.3 Å². The molecule has 2 aromatic rings. The molecule has 37 heavy (non-hydrogen) atoms. The molecule has 200 valence electrons.